The molecule has 2 aromatic carbocycles. The van der Waals surface area contributed by atoms with Crippen molar-refractivity contribution < 1.29 is 9.53 Å². The third-order valence-corrected chi connectivity index (χ3v) is 3.51. The fourth-order valence-electron chi connectivity index (χ4n) is 2.41. The summed E-state index contributed by atoms with van der Waals surface area (Å²) in [6.07, 6.45) is 1.76. The Morgan fingerprint density at radius 1 is 1.22 bits per heavy atom. The molecule has 23 heavy (non-hydrogen) atoms. The Bertz CT molecular complexity index is 862. The second-order valence-electron chi connectivity index (χ2n) is 5.18. The third-order valence-electron chi connectivity index (χ3n) is 3.51. The summed E-state index contributed by atoms with van der Waals surface area (Å²) in [6, 6.07) is 14.8. The molecule has 116 valence electrons. The van der Waals surface area contributed by atoms with Crippen molar-refractivity contribution in [2.75, 3.05) is 7.05 Å². The van der Waals surface area contributed by atoms with Gasteiger partial charge in [0.1, 0.15) is 11.5 Å². The number of carbonyl (C=O) groups excluding carboxylic acids is 1. The lowest BCUT2D eigenvalue weighted by Gasteiger charge is -2.12. The molecule has 0 aliphatic carbocycles. The van der Waals surface area contributed by atoms with Gasteiger partial charge >= 0.3 is 0 Å². The van der Waals surface area contributed by atoms with Gasteiger partial charge in [0, 0.05) is 29.3 Å². The first-order valence-electron chi connectivity index (χ1n) is 7.27. The van der Waals surface area contributed by atoms with E-state index in [2.05, 4.69) is 10.3 Å². The molecular weight excluding hydrogens is 290 g/mol. The molecule has 0 fully saturated rings. The zero-order valence-corrected chi connectivity index (χ0v) is 12.7. The molecule has 3 N–H and O–H groups in total. The van der Waals surface area contributed by atoms with Crippen molar-refractivity contribution >= 4 is 16.8 Å². The number of primary amides is 1. The van der Waals surface area contributed by atoms with Gasteiger partial charge in [0.15, 0.2) is 0 Å². The molecule has 0 bridgehead atoms. The number of nitrogens with two attached hydrogens (primary N) is 1. The average Bonchev–Trinajstić information content (AvgIpc) is 2.56. The van der Waals surface area contributed by atoms with Crippen LogP contribution in [0, 0.1) is 0 Å². The number of amides is 1. The molecule has 1 heterocycles. The van der Waals surface area contributed by atoms with Crippen LogP contribution >= 0.6 is 0 Å². The molecule has 0 spiro atoms. The molecule has 0 saturated heterocycles. The molecule has 5 heteroatoms. The Morgan fingerprint density at radius 3 is 2.87 bits per heavy atom. The van der Waals surface area contributed by atoms with Crippen LogP contribution in [0.2, 0.25) is 0 Å². The van der Waals surface area contributed by atoms with Crippen LogP contribution in [0.5, 0.6) is 11.5 Å². The third kappa shape index (κ3) is 3.30. The smallest absolute Gasteiger partial charge is 0.248 e. The predicted octanol–water partition coefficient (Wildman–Crippen LogP) is 2.85. The number of carbonyl (C=O) groups is 1. The number of nitrogens with one attached hydrogen (secondary N) is 1. The lowest BCUT2D eigenvalue weighted by atomic mass is 10.1. The van der Waals surface area contributed by atoms with E-state index in [1.54, 1.807) is 24.4 Å². The molecule has 1 amide bonds. The van der Waals surface area contributed by atoms with E-state index in [1.807, 2.05) is 37.4 Å². The quantitative estimate of drug-likeness (QED) is 0.760. The summed E-state index contributed by atoms with van der Waals surface area (Å²) < 4.78 is 5.98. The van der Waals surface area contributed by atoms with Gasteiger partial charge in [0.05, 0.1) is 5.52 Å². The SMILES string of the molecule is CNCc1cc(C(N)=O)ccc1Oc1ccc2ncccc2c1. The van der Waals surface area contributed by atoms with Gasteiger partial charge in [-0.2, -0.15) is 0 Å². The minimum Gasteiger partial charge on any atom is -0.457 e. The molecule has 0 aliphatic rings. The first-order chi connectivity index (χ1) is 11.2. The number of rotatable bonds is 5. The normalized spacial score (nSPS) is 10.7. The second-order valence-corrected chi connectivity index (χ2v) is 5.18. The van der Waals surface area contributed by atoms with Crippen molar-refractivity contribution in [2.24, 2.45) is 5.73 Å². The highest BCUT2D eigenvalue weighted by molar-refractivity contribution is 5.93. The number of fused-ring (bicyclic) bond motifs is 1. The van der Waals surface area contributed by atoms with Crippen LogP contribution in [-0.4, -0.2) is 17.9 Å². The van der Waals surface area contributed by atoms with Crippen LogP contribution in [-0.2, 0) is 6.54 Å². The Morgan fingerprint density at radius 2 is 2.09 bits per heavy atom. The lowest BCUT2D eigenvalue weighted by Crippen LogP contribution is -2.13. The van der Waals surface area contributed by atoms with Crippen LogP contribution in [0.15, 0.2) is 54.7 Å². The van der Waals surface area contributed by atoms with Gasteiger partial charge in [0.2, 0.25) is 5.91 Å². The van der Waals surface area contributed by atoms with E-state index in [0.29, 0.717) is 17.9 Å². The standard InChI is InChI=1S/C18H17N3O2/c1-20-11-14-9-13(18(19)22)4-7-17(14)23-15-5-6-16-12(10-15)3-2-8-21-16/h2-10,20H,11H2,1H3,(H2,19,22). The Hall–Kier alpha value is -2.92. The molecular formula is C18H17N3O2. The minimum atomic E-state index is -0.453. The molecule has 3 aromatic rings. The van der Waals surface area contributed by atoms with E-state index in [1.165, 1.54) is 0 Å². The molecule has 0 unspecified atom stereocenters. The number of pyridine rings is 1. The predicted molar refractivity (Wildman–Crippen MR) is 89.5 cm³/mol. The van der Waals surface area contributed by atoms with E-state index < -0.39 is 5.91 Å². The van der Waals surface area contributed by atoms with Crippen molar-refractivity contribution in [1.82, 2.24) is 10.3 Å². The van der Waals surface area contributed by atoms with E-state index in [4.69, 9.17) is 10.5 Å². The average molecular weight is 307 g/mol. The zero-order chi connectivity index (χ0) is 16.2. The summed E-state index contributed by atoms with van der Waals surface area (Å²) in [4.78, 5) is 15.6. The molecule has 1 aromatic heterocycles. The first-order valence-corrected chi connectivity index (χ1v) is 7.27. The van der Waals surface area contributed by atoms with Gasteiger partial charge in [-0.1, -0.05) is 6.07 Å². The molecule has 3 rings (SSSR count). The van der Waals surface area contributed by atoms with Gasteiger partial charge in [-0.3, -0.25) is 9.78 Å². The van der Waals surface area contributed by atoms with Crippen molar-refractivity contribution in [3.05, 3.63) is 65.9 Å². The van der Waals surface area contributed by atoms with Crippen LogP contribution in [0.1, 0.15) is 15.9 Å². The van der Waals surface area contributed by atoms with E-state index >= 15 is 0 Å². The van der Waals surface area contributed by atoms with E-state index in [9.17, 15) is 4.79 Å². The number of ether oxygens (including phenoxy) is 1. The van der Waals surface area contributed by atoms with Crippen LogP contribution < -0.4 is 15.8 Å². The highest BCUT2D eigenvalue weighted by atomic mass is 16.5. The summed E-state index contributed by atoms with van der Waals surface area (Å²) in [5.74, 6) is 0.952. The zero-order valence-electron chi connectivity index (χ0n) is 12.7. The number of nitrogens with zero attached hydrogens (tertiary/aromatic N) is 1. The molecule has 0 aliphatic heterocycles. The fourth-order valence-corrected chi connectivity index (χ4v) is 2.41. The second kappa shape index (κ2) is 6.46. The number of hydrogen-bond donors (Lipinski definition) is 2. The molecule has 5 nitrogen and oxygen atoms in total. The van der Waals surface area contributed by atoms with Crippen molar-refractivity contribution in [2.45, 2.75) is 6.54 Å². The molecule has 0 radical (unpaired) electrons. The Kier molecular flexibility index (Phi) is 4.21. The van der Waals surface area contributed by atoms with Gasteiger partial charge in [-0.15, -0.1) is 0 Å². The fraction of sp³-hybridized carbons (Fsp3) is 0.111. The van der Waals surface area contributed by atoms with Crippen LogP contribution in [0.3, 0.4) is 0 Å². The van der Waals surface area contributed by atoms with Gasteiger partial charge < -0.3 is 15.8 Å². The van der Waals surface area contributed by atoms with Gasteiger partial charge in [-0.05, 0) is 49.5 Å². The topological polar surface area (TPSA) is 77.2 Å². The Labute approximate surface area is 134 Å². The van der Waals surface area contributed by atoms with Crippen LogP contribution in [0.4, 0.5) is 0 Å². The summed E-state index contributed by atoms with van der Waals surface area (Å²) >= 11 is 0. The van der Waals surface area contributed by atoms with E-state index in [-0.39, 0.29) is 0 Å². The van der Waals surface area contributed by atoms with Gasteiger partial charge in [0.25, 0.3) is 0 Å². The number of hydrogen-bond acceptors (Lipinski definition) is 4. The largest absolute Gasteiger partial charge is 0.457 e. The molecule has 0 saturated carbocycles. The summed E-state index contributed by atoms with van der Waals surface area (Å²) in [6.45, 7) is 0.575. The highest BCUT2D eigenvalue weighted by Crippen LogP contribution is 2.28. The summed E-state index contributed by atoms with van der Waals surface area (Å²) in [5.41, 5.74) is 7.59. The van der Waals surface area contributed by atoms with E-state index in [0.717, 1.165) is 22.2 Å². The van der Waals surface area contributed by atoms with Crippen LogP contribution in [0.25, 0.3) is 10.9 Å². The first kappa shape index (κ1) is 15.0. The summed E-state index contributed by atoms with van der Waals surface area (Å²) in [5, 5.41) is 4.07. The maximum Gasteiger partial charge on any atom is 0.248 e. The number of benzene rings is 2. The lowest BCUT2D eigenvalue weighted by molar-refractivity contribution is 0.1000. The Balaban J connectivity index is 1.95. The highest BCUT2D eigenvalue weighted by Gasteiger charge is 2.09. The summed E-state index contributed by atoms with van der Waals surface area (Å²) in [7, 11) is 1.84. The monoisotopic (exact) mass is 307 g/mol. The minimum absolute atomic E-state index is 0.453. The maximum atomic E-state index is 11.3. The van der Waals surface area contributed by atoms with Gasteiger partial charge in [-0.25, -0.2) is 0 Å². The molecule has 0 atom stereocenters. The number of aromatic nitrogens is 1. The maximum absolute atomic E-state index is 11.3. The van der Waals surface area contributed by atoms with Crippen molar-refractivity contribution in [3.8, 4) is 11.5 Å². The van der Waals surface area contributed by atoms with Crippen molar-refractivity contribution in [3.63, 3.8) is 0 Å². The van der Waals surface area contributed by atoms with Crippen molar-refractivity contribution in [1.29, 1.82) is 0 Å².